The van der Waals surface area contributed by atoms with Gasteiger partial charge in [-0.2, -0.15) is 4.98 Å². The van der Waals surface area contributed by atoms with Gasteiger partial charge in [0.05, 0.1) is 18.7 Å². The van der Waals surface area contributed by atoms with E-state index in [1.54, 1.807) is 19.9 Å². The summed E-state index contributed by atoms with van der Waals surface area (Å²) >= 11 is 0. The van der Waals surface area contributed by atoms with Crippen LogP contribution in [0.2, 0.25) is 0 Å². The fourth-order valence-corrected chi connectivity index (χ4v) is 3.42. The molecule has 1 aromatic carbocycles. The van der Waals surface area contributed by atoms with Gasteiger partial charge in [0.2, 0.25) is 0 Å². The van der Waals surface area contributed by atoms with Gasteiger partial charge in [-0.3, -0.25) is 9.78 Å². The number of hydrogen-bond acceptors (Lipinski definition) is 9. The maximum atomic E-state index is 12.2. The molecule has 0 aliphatic carbocycles. The van der Waals surface area contributed by atoms with Crippen LogP contribution in [0.4, 0.5) is 0 Å². The molecule has 0 fully saturated rings. The molecule has 11 nitrogen and oxygen atoms in total. The second-order valence-corrected chi connectivity index (χ2v) is 6.90. The quantitative estimate of drug-likeness (QED) is 0.317. The lowest BCUT2D eigenvalue weighted by Crippen LogP contribution is -2.58. The minimum atomic E-state index is -2.35. The van der Waals surface area contributed by atoms with Crippen molar-refractivity contribution in [2.75, 3.05) is 6.61 Å². The molecule has 28 heavy (non-hydrogen) atoms. The molecule has 4 rings (SSSR count). The summed E-state index contributed by atoms with van der Waals surface area (Å²) in [5.74, 6) is -2.29. The first-order valence-electron chi connectivity index (χ1n) is 8.49. The first-order valence-corrected chi connectivity index (χ1v) is 8.49. The van der Waals surface area contributed by atoms with E-state index in [-0.39, 0.29) is 17.3 Å². The Morgan fingerprint density at radius 2 is 2.04 bits per heavy atom. The Balaban J connectivity index is 2.10. The standard InChI is InChI=1S/C17H18N4O7/c1-6-3-8-11-12(7(6)2)28-17(27,13(24)9(23)4-22)5-21(11)14-10(18-8)15(25)20-16(26)19-14/h3,9,13,22-24,27H,4-5H2,1-2H3,(H,20,25,26). The number of H-pyrrole nitrogens is 1. The van der Waals surface area contributed by atoms with E-state index in [0.29, 0.717) is 16.6 Å². The van der Waals surface area contributed by atoms with E-state index >= 15 is 0 Å². The zero-order valence-electron chi connectivity index (χ0n) is 15.0. The van der Waals surface area contributed by atoms with Gasteiger partial charge < -0.3 is 29.7 Å². The molecule has 0 amide bonds. The molecule has 3 aliphatic heterocycles. The van der Waals surface area contributed by atoms with Crippen molar-refractivity contribution >= 4 is 11.0 Å². The van der Waals surface area contributed by atoms with E-state index in [0.717, 1.165) is 5.56 Å². The van der Waals surface area contributed by atoms with Crippen LogP contribution in [0.5, 0.6) is 5.75 Å². The minimum absolute atomic E-state index is 0.0989. The van der Waals surface area contributed by atoms with Crippen molar-refractivity contribution in [3.8, 4) is 17.3 Å². The summed E-state index contributed by atoms with van der Waals surface area (Å²) in [5.41, 5.74) is 0.359. The molecule has 5 N–H and O–H groups in total. The SMILES string of the molecule is Cc1cc2nc3c(=O)[nH]c(=O)nc-3n3c2c(c1C)OC(O)(C(O)C(O)CO)C3. The summed E-state index contributed by atoms with van der Waals surface area (Å²) < 4.78 is 7.03. The van der Waals surface area contributed by atoms with Crippen LogP contribution < -0.4 is 16.0 Å². The second kappa shape index (κ2) is 6.07. The summed E-state index contributed by atoms with van der Waals surface area (Å²) in [7, 11) is 0. The summed E-state index contributed by atoms with van der Waals surface area (Å²) in [6, 6.07) is 1.72. The van der Waals surface area contributed by atoms with Crippen molar-refractivity contribution in [3.05, 3.63) is 38.0 Å². The summed E-state index contributed by atoms with van der Waals surface area (Å²) in [6.45, 7) is 2.22. The molecule has 3 unspecified atom stereocenters. The lowest BCUT2D eigenvalue weighted by Gasteiger charge is -2.40. The average molecular weight is 390 g/mol. The minimum Gasteiger partial charge on any atom is -0.455 e. The van der Waals surface area contributed by atoms with Crippen LogP contribution in [0.15, 0.2) is 15.7 Å². The predicted octanol–water partition coefficient (Wildman–Crippen LogP) is -2.00. The average Bonchev–Trinajstić information content (AvgIpc) is 2.65. The number of nitrogens with zero attached hydrogens (tertiary/aromatic N) is 3. The topological polar surface area (TPSA) is 171 Å². The Morgan fingerprint density at radius 3 is 2.71 bits per heavy atom. The number of aromatic amines is 1. The smallest absolute Gasteiger partial charge is 0.349 e. The number of ether oxygens (including phenoxy) is 1. The molecule has 148 valence electrons. The predicted molar refractivity (Wildman–Crippen MR) is 95.2 cm³/mol. The molecule has 3 atom stereocenters. The van der Waals surface area contributed by atoms with Crippen LogP contribution in [0.3, 0.4) is 0 Å². The first-order chi connectivity index (χ1) is 13.2. The summed E-state index contributed by atoms with van der Waals surface area (Å²) in [4.78, 5) is 34.1. The van der Waals surface area contributed by atoms with E-state index in [1.165, 1.54) is 4.57 Å². The molecule has 3 heterocycles. The highest BCUT2D eigenvalue weighted by atomic mass is 16.6. The molecule has 0 saturated carbocycles. The number of rotatable bonds is 3. The number of aryl methyl sites for hydroxylation is 1. The third kappa shape index (κ3) is 2.52. The van der Waals surface area contributed by atoms with Gasteiger partial charge in [-0.15, -0.1) is 0 Å². The number of benzene rings is 1. The zero-order chi connectivity index (χ0) is 20.4. The van der Waals surface area contributed by atoms with Crippen LogP contribution in [0.1, 0.15) is 11.1 Å². The van der Waals surface area contributed by atoms with E-state index in [1.807, 2.05) is 4.98 Å². The van der Waals surface area contributed by atoms with Crippen LogP contribution in [0, 0.1) is 13.8 Å². The van der Waals surface area contributed by atoms with Crippen molar-refractivity contribution in [2.45, 2.75) is 38.4 Å². The van der Waals surface area contributed by atoms with Gasteiger partial charge in [-0.05, 0) is 31.0 Å². The molecule has 3 aliphatic rings. The summed E-state index contributed by atoms with van der Waals surface area (Å²) in [6.07, 6.45) is -3.57. The number of hydrogen-bond donors (Lipinski definition) is 5. The van der Waals surface area contributed by atoms with Crippen molar-refractivity contribution in [2.24, 2.45) is 0 Å². The number of nitrogens with one attached hydrogen (secondary N) is 1. The highest BCUT2D eigenvalue weighted by Gasteiger charge is 2.47. The van der Waals surface area contributed by atoms with E-state index in [2.05, 4.69) is 9.97 Å². The Morgan fingerprint density at radius 1 is 1.32 bits per heavy atom. The Bertz CT molecular complexity index is 1190. The van der Waals surface area contributed by atoms with Crippen molar-refractivity contribution < 1.29 is 25.2 Å². The van der Waals surface area contributed by atoms with Crippen LogP contribution in [-0.2, 0) is 6.54 Å². The Labute approximate surface area is 156 Å². The normalized spacial score (nSPS) is 20.9. The van der Waals surface area contributed by atoms with E-state index in [9.17, 15) is 24.9 Å². The van der Waals surface area contributed by atoms with Crippen molar-refractivity contribution in [1.29, 1.82) is 0 Å². The number of aliphatic hydroxyl groups is 4. The third-order valence-corrected chi connectivity index (χ3v) is 5.03. The van der Waals surface area contributed by atoms with Crippen LogP contribution >= 0.6 is 0 Å². The maximum Gasteiger partial charge on any atom is 0.349 e. The van der Waals surface area contributed by atoms with Gasteiger partial charge in [0.25, 0.3) is 11.3 Å². The van der Waals surface area contributed by atoms with Crippen molar-refractivity contribution in [1.82, 2.24) is 19.5 Å². The molecule has 0 radical (unpaired) electrons. The van der Waals surface area contributed by atoms with Gasteiger partial charge in [0, 0.05) is 0 Å². The van der Waals surface area contributed by atoms with Gasteiger partial charge >= 0.3 is 5.69 Å². The number of aromatic nitrogens is 4. The molecular weight excluding hydrogens is 372 g/mol. The molecule has 0 spiro atoms. The molecule has 0 aromatic heterocycles. The number of fused-ring (bicyclic) bond motifs is 2. The van der Waals surface area contributed by atoms with Gasteiger partial charge in [0.1, 0.15) is 17.7 Å². The van der Waals surface area contributed by atoms with E-state index in [4.69, 9.17) is 9.84 Å². The van der Waals surface area contributed by atoms with E-state index < -0.39 is 42.4 Å². The van der Waals surface area contributed by atoms with Crippen molar-refractivity contribution in [3.63, 3.8) is 0 Å². The fraction of sp³-hybridized carbons (Fsp3) is 0.412. The molecule has 1 aromatic rings. The monoisotopic (exact) mass is 390 g/mol. The van der Waals surface area contributed by atoms with Gasteiger partial charge in [0.15, 0.2) is 17.3 Å². The molecule has 11 heteroatoms. The maximum absolute atomic E-state index is 12.2. The zero-order valence-corrected chi connectivity index (χ0v) is 15.0. The van der Waals surface area contributed by atoms with Crippen LogP contribution in [0.25, 0.3) is 22.6 Å². The second-order valence-electron chi connectivity index (χ2n) is 6.90. The Hall–Kier alpha value is -2.86. The first kappa shape index (κ1) is 18.5. The largest absolute Gasteiger partial charge is 0.455 e. The van der Waals surface area contributed by atoms with Gasteiger partial charge in [-0.1, -0.05) is 0 Å². The lowest BCUT2D eigenvalue weighted by molar-refractivity contribution is -0.243. The fourth-order valence-electron chi connectivity index (χ4n) is 3.42. The number of aliphatic hydroxyl groups excluding tert-OH is 3. The molecule has 0 bridgehead atoms. The summed E-state index contributed by atoms with van der Waals surface area (Å²) in [5, 5.41) is 40.3. The molecule has 0 saturated heterocycles. The highest BCUT2D eigenvalue weighted by molar-refractivity contribution is 5.88. The van der Waals surface area contributed by atoms with Gasteiger partial charge in [-0.25, -0.2) is 9.78 Å². The Kier molecular flexibility index (Phi) is 4.01. The third-order valence-electron chi connectivity index (χ3n) is 5.03. The van der Waals surface area contributed by atoms with Crippen LogP contribution in [-0.4, -0.2) is 64.5 Å². The highest BCUT2D eigenvalue weighted by Crippen LogP contribution is 2.40. The lowest BCUT2D eigenvalue weighted by atomic mass is 9.99. The molecular formula is C17H18N4O7.